The summed E-state index contributed by atoms with van der Waals surface area (Å²) < 4.78 is 5.99. The van der Waals surface area contributed by atoms with Gasteiger partial charge in [-0.3, -0.25) is 4.90 Å². The minimum atomic E-state index is 0.136. The van der Waals surface area contributed by atoms with Gasteiger partial charge in [-0.2, -0.15) is 0 Å². The van der Waals surface area contributed by atoms with Gasteiger partial charge < -0.3 is 19.4 Å². The summed E-state index contributed by atoms with van der Waals surface area (Å²) in [5.41, 5.74) is 0.877. The van der Waals surface area contributed by atoms with Crippen molar-refractivity contribution in [2.75, 3.05) is 45.7 Å². The highest BCUT2D eigenvalue weighted by atomic mass is 16.5. The minimum Gasteiger partial charge on any atom is -0.474 e. The van der Waals surface area contributed by atoms with Crippen LogP contribution in [0.4, 0.5) is 10.5 Å². The zero-order valence-electron chi connectivity index (χ0n) is 21.1. The summed E-state index contributed by atoms with van der Waals surface area (Å²) in [6.07, 6.45) is 12.6. The fourth-order valence-electron chi connectivity index (χ4n) is 5.87. The Morgan fingerprint density at radius 3 is 2.39 bits per heavy atom. The highest BCUT2D eigenvalue weighted by Crippen LogP contribution is 2.33. The van der Waals surface area contributed by atoms with E-state index in [0.29, 0.717) is 24.1 Å². The molecule has 7 nitrogen and oxygen atoms in total. The molecule has 0 bridgehead atoms. The molecule has 1 unspecified atom stereocenters. The van der Waals surface area contributed by atoms with E-state index in [1.54, 1.807) is 6.20 Å². The lowest BCUT2D eigenvalue weighted by Gasteiger charge is -2.39. The lowest BCUT2D eigenvalue weighted by atomic mass is 9.89. The van der Waals surface area contributed by atoms with Gasteiger partial charge in [0.2, 0.25) is 5.88 Å². The molecule has 33 heavy (non-hydrogen) atoms. The first-order chi connectivity index (χ1) is 15.9. The Bertz CT molecular complexity index is 756. The van der Waals surface area contributed by atoms with E-state index in [0.717, 1.165) is 51.0 Å². The molecule has 3 fully saturated rings. The first-order valence-electron chi connectivity index (χ1n) is 13.0. The zero-order valence-corrected chi connectivity index (χ0v) is 21.1. The molecule has 184 valence electrons. The fraction of sp³-hybridized carbons (Fsp3) is 0.769. The van der Waals surface area contributed by atoms with Crippen molar-refractivity contribution in [3.8, 4) is 5.88 Å². The molecule has 3 aliphatic rings. The van der Waals surface area contributed by atoms with Crippen molar-refractivity contribution in [2.24, 2.45) is 0 Å². The molecule has 2 aliphatic carbocycles. The van der Waals surface area contributed by atoms with E-state index in [4.69, 9.17) is 4.74 Å². The third-order valence-electron chi connectivity index (χ3n) is 7.79. The molecule has 1 aromatic rings. The molecule has 0 aromatic carbocycles. The lowest BCUT2D eigenvalue weighted by Crippen LogP contribution is -2.47. The van der Waals surface area contributed by atoms with Gasteiger partial charge in [0.25, 0.3) is 0 Å². The smallest absolute Gasteiger partial charge is 0.325 e. The maximum Gasteiger partial charge on any atom is 0.325 e. The first-order valence-corrected chi connectivity index (χ1v) is 13.0. The highest BCUT2D eigenvalue weighted by molar-refractivity contribution is 5.94. The molecule has 2 heterocycles. The average Bonchev–Trinajstić information content (AvgIpc) is 3.41. The monoisotopic (exact) mass is 457 g/mol. The van der Waals surface area contributed by atoms with E-state index in [-0.39, 0.29) is 12.1 Å². The van der Waals surface area contributed by atoms with Crippen LogP contribution in [0.2, 0.25) is 0 Å². The van der Waals surface area contributed by atoms with Gasteiger partial charge in [-0.25, -0.2) is 9.78 Å². The molecule has 1 atom stereocenters. The van der Waals surface area contributed by atoms with Gasteiger partial charge in [0, 0.05) is 30.7 Å². The van der Waals surface area contributed by atoms with Crippen LogP contribution in [0.15, 0.2) is 18.3 Å². The number of aromatic nitrogens is 1. The average molecular weight is 458 g/mol. The van der Waals surface area contributed by atoms with Crippen LogP contribution in [-0.4, -0.2) is 90.7 Å². The summed E-state index contributed by atoms with van der Waals surface area (Å²) >= 11 is 0. The molecule has 2 saturated carbocycles. The Hall–Kier alpha value is -1.86. The van der Waals surface area contributed by atoms with Crippen LogP contribution in [0.1, 0.15) is 64.7 Å². The normalized spacial score (nSPS) is 26.7. The van der Waals surface area contributed by atoms with E-state index in [1.807, 2.05) is 17.0 Å². The van der Waals surface area contributed by atoms with Crippen LogP contribution in [0, 0.1) is 0 Å². The van der Waals surface area contributed by atoms with Crippen molar-refractivity contribution in [1.29, 1.82) is 0 Å². The number of urea groups is 1. The van der Waals surface area contributed by atoms with Crippen LogP contribution in [-0.2, 0) is 0 Å². The molecule has 0 radical (unpaired) electrons. The van der Waals surface area contributed by atoms with E-state index in [2.05, 4.69) is 47.8 Å². The van der Waals surface area contributed by atoms with Gasteiger partial charge >= 0.3 is 6.03 Å². The molecular weight excluding hydrogens is 414 g/mol. The summed E-state index contributed by atoms with van der Waals surface area (Å²) in [4.78, 5) is 26.7. The van der Waals surface area contributed by atoms with Gasteiger partial charge in [-0.15, -0.1) is 0 Å². The van der Waals surface area contributed by atoms with Gasteiger partial charge in [-0.1, -0.05) is 0 Å². The largest absolute Gasteiger partial charge is 0.474 e. The Balaban J connectivity index is 1.29. The number of rotatable bonds is 9. The van der Waals surface area contributed by atoms with Gasteiger partial charge in [0.1, 0.15) is 6.10 Å². The Morgan fingerprint density at radius 2 is 1.76 bits per heavy atom. The standard InChI is InChI=1S/C26H43N5O2/c1-20-19-30(23-14-15-25(27-18-23)33-24-8-5-6-9-24)26(32)31(20)22-12-10-21(11-13-22)29(4)17-7-16-28(2)3/h14-15,18,20-22,24H,5-13,16-17,19H2,1-4H3. The molecule has 1 aliphatic heterocycles. The van der Waals surface area contributed by atoms with Gasteiger partial charge in [0.05, 0.1) is 11.9 Å². The predicted molar refractivity (Wildman–Crippen MR) is 133 cm³/mol. The van der Waals surface area contributed by atoms with E-state index >= 15 is 0 Å². The molecule has 4 rings (SSSR count). The summed E-state index contributed by atoms with van der Waals surface area (Å²) in [6.45, 7) is 5.20. The number of ether oxygens (including phenoxy) is 1. The van der Waals surface area contributed by atoms with Crippen LogP contribution in [0.3, 0.4) is 0 Å². The number of pyridine rings is 1. The van der Waals surface area contributed by atoms with Crippen molar-refractivity contribution < 1.29 is 9.53 Å². The zero-order chi connectivity index (χ0) is 23.4. The summed E-state index contributed by atoms with van der Waals surface area (Å²) in [7, 11) is 6.54. The molecular formula is C26H43N5O2. The summed E-state index contributed by atoms with van der Waals surface area (Å²) in [5, 5.41) is 0. The Morgan fingerprint density at radius 1 is 1.03 bits per heavy atom. The van der Waals surface area contributed by atoms with Crippen LogP contribution >= 0.6 is 0 Å². The van der Waals surface area contributed by atoms with Crippen molar-refractivity contribution >= 4 is 11.7 Å². The molecule has 0 N–H and O–H groups in total. The Kier molecular flexibility index (Phi) is 8.12. The summed E-state index contributed by atoms with van der Waals surface area (Å²) in [5.74, 6) is 0.676. The maximum atomic E-state index is 13.4. The van der Waals surface area contributed by atoms with Gasteiger partial charge in [-0.05, 0) is 105 Å². The predicted octanol–water partition coefficient (Wildman–Crippen LogP) is 4.23. The third kappa shape index (κ3) is 5.99. The fourth-order valence-corrected chi connectivity index (χ4v) is 5.87. The molecule has 7 heteroatoms. The van der Waals surface area contributed by atoms with Crippen molar-refractivity contribution in [2.45, 2.75) is 88.9 Å². The van der Waals surface area contributed by atoms with Crippen LogP contribution in [0.25, 0.3) is 0 Å². The second-order valence-corrected chi connectivity index (χ2v) is 10.6. The second kappa shape index (κ2) is 11.0. The third-order valence-corrected chi connectivity index (χ3v) is 7.79. The van der Waals surface area contributed by atoms with E-state index < -0.39 is 0 Å². The van der Waals surface area contributed by atoms with Crippen LogP contribution < -0.4 is 9.64 Å². The van der Waals surface area contributed by atoms with E-state index in [9.17, 15) is 4.79 Å². The van der Waals surface area contributed by atoms with Crippen LogP contribution in [0.5, 0.6) is 5.88 Å². The summed E-state index contributed by atoms with van der Waals surface area (Å²) in [6, 6.07) is 5.27. The van der Waals surface area contributed by atoms with Gasteiger partial charge in [0.15, 0.2) is 0 Å². The molecule has 1 aromatic heterocycles. The number of carbonyl (C=O) groups excluding carboxylic acids is 1. The molecule has 0 spiro atoms. The van der Waals surface area contributed by atoms with E-state index in [1.165, 1.54) is 32.1 Å². The quantitative estimate of drug-likeness (QED) is 0.556. The number of amides is 2. The number of hydrogen-bond donors (Lipinski definition) is 0. The lowest BCUT2D eigenvalue weighted by molar-refractivity contribution is 0.116. The van der Waals surface area contributed by atoms with Crippen molar-refractivity contribution in [3.63, 3.8) is 0 Å². The minimum absolute atomic E-state index is 0.136. The number of carbonyl (C=O) groups is 1. The number of anilines is 1. The Labute approximate surface area is 200 Å². The number of hydrogen-bond acceptors (Lipinski definition) is 5. The van der Waals surface area contributed by atoms with Crippen molar-refractivity contribution in [1.82, 2.24) is 19.7 Å². The second-order valence-electron chi connectivity index (χ2n) is 10.6. The number of nitrogens with zero attached hydrogens (tertiary/aromatic N) is 5. The van der Waals surface area contributed by atoms with Crippen molar-refractivity contribution in [3.05, 3.63) is 18.3 Å². The maximum absolute atomic E-state index is 13.4. The highest BCUT2D eigenvalue weighted by Gasteiger charge is 2.41. The topological polar surface area (TPSA) is 52.2 Å². The molecule has 1 saturated heterocycles. The molecule has 2 amide bonds. The first kappa shape index (κ1) is 24.3. The SMILES string of the molecule is CC1CN(c2ccc(OC3CCCC3)nc2)C(=O)N1C1CCC(N(C)CCCN(C)C)CC1.